The van der Waals surface area contributed by atoms with Crippen LogP contribution in [-0.4, -0.2) is 34.5 Å². The van der Waals surface area contributed by atoms with Crippen molar-refractivity contribution >= 4 is 34.4 Å². The average Bonchev–Trinajstić information content (AvgIpc) is 2.46. The van der Waals surface area contributed by atoms with E-state index in [2.05, 4.69) is 10.3 Å². The number of nitrogens with one attached hydrogen (secondary N) is 1. The van der Waals surface area contributed by atoms with Gasteiger partial charge in [0.15, 0.2) is 5.69 Å². The molecule has 3 amide bonds. The van der Waals surface area contributed by atoms with Crippen molar-refractivity contribution in [2.75, 3.05) is 11.4 Å². The van der Waals surface area contributed by atoms with Crippen molar-refractivity contribution < 1.29 is 19.5 Å². The van der Waals surface area contributed by atoms with Crippen LogP contribution in [-0.2, 0) is 4.79 Å². The van der Waals surface area contributed by atoms with E-state index in [-0.39, 0.29) is 24.6 Å². The number of aromatic carboxylic acids is 1. The van der Waals surface area contributed by atoms with E-state index in [1.54, 1.807) is 24.3 Å². The number of rotatable bonds is 2. The highest BCUT2D eigenvalue weighted by atomic mass is 16.4. The second-order valence-corrected chi connectivity index (χ2v) is 4.63. The van der Waals surface area contributed by atoms with Crippen molar-refractivity contribution in [1.82, 2.24) is 10.3 Å². The number of hydrogen-bond acceptors (Lipinski definition) is 4. The van der Waals surface area contributed by atoms with E-state index in [0.717, 1.165) is 5.39 Å². The summed E-state index contributed by atoms with van der Waals surface area (Å²) in [5.41, 5.74) is 0.464. The van der Waals surface area contributed by atoms with Crippen LogP contribution in [0.15, 0.2) is 30.5 Å². The fraction of sp³-hybridized carbons (Fsp3) is 0.143. The third-order valence-electron chi connectivity index (χ3n) is 3.32. The zero-order valence-electron chi connectivity index (χ0n) is 10.9. The van der Waals surface area contributed by atoms with E-state index in [1.807, 2.05) is 0 Å². The lowest BCUT2D eigenvalue weighted by Crippen LogP contribution is -2.49. The van der Waals surface area contributed by atoms with Crippen LogP contribution in [0.25, 0.3) is 10.8 Å². The molecule has 106 valence electrons. The predicted octanol–water partition coefficient (Wildman–Crippen LogP) is 1.38. The zero-order chi connectivity index (χ0) is 15.0. The molecule has 0 bridgehead atoms. The van der Waals surface area contributed by atoms with Gasteiger partial charge in [-0.15, -0.1) is 0 Å². The molecule has 0 aliphatic carbocycles. The molecule has 3 rings (SSSR count). The number of amides is 3. The first-order chi connectivity index (χ1) is 10.1. The maximum Gasteiger partial charge on any atom is 0.355 e. The molecule has 0 unspecified atom stereocenters. The Hall–Kier alpha value is -2.96. The molecular weight excluding hydrogens is 274 g/mol. The van der Waals surface area contributed by atoms with Gasteiger partial charge in [-0.25, -0.2) is 14.6 Å². The maximum absolute atomic E-state index is 11.8. The number of carbonyl (C=O) groups excluding carboxylic acids is 2. The summed E-state index contributed by atoms with van der Waals surface area (Å²) in [5.74, 6) is -1.44. The number of nitrogens with zero attached hydrogens (tertiary/aromatic N) is 2. The number of anilines is 1. The first kappa shape index (κ1) is 13.0. The van der Waals surface area contributed by atoms with Crippen LogP contribution in [0.1, 0.15) is 16.9 Å². The molecule has 2 aromatic rings. The standard InChI is InChI=1S/C14H11N3O4/c18-11-4-6-17(14(21)16-11)9-2-1-8-3-5-15-12(13(19)20)10(8)7-9/h1-3,5,7H,4,6H2,(H,19,20)(H,16,18,21). The summed E-state index contributed by atoms with van der Waals surface area (Å²) >= 11 is 0. The van der Waals surface area contributed by atoms with Crippen LogP contribution in [0.4, 0.5) is 10.5 Å². The zero-order valence-corrected chi connectivity index (χ0v) is 10.9. The normalized spacial score (nSPS) is 15.1. The molecule has 1 fully saturated rings. The van der Waals surface area contributed by atoms with Crippen LogP contribution in [0.2, 0.25) is 0 Å². The van der Waals surface area contributed by atoms with Gasteiger partial charge in [-0.3, -0.25) is 15.0 Å². The first-order valence-electron chi connectivity index (χ1n) is 6.29. The molecule has 0 radical (unpaired) electrons. The molecule has 1 aromatic heterocycles. The molecular formula is C14H11N3O4. The van der Waals surface area contributed by atoms with Gasteiger partial charge < -0.3 is 5.11 Å². The van der Waals surface area contributed by atoms with Crippen molar-refractivity contribution in [1.29, 1.82) is 0 Å². The Labute approximate surface area is 119 Å². The molecule has 0 saturated carbocycles. The molecule has 0 spiro atoms. The molecule has 7 heteroatoms. The van der Waals surface area contributed by atoms with E-state index >= 15 is 0 Å². The summed E-state index contributed by atoms with van der Waals surface area (Å²) in [4.78, 5) is 39.4. The molecule has 1 aliphatic heterocycles. The van der Waals surface area contributed by atoms with E-state index < -0.39 is 12.0 Å². The molecule has 1 aliphatic rings. The minimum Gasteiger partial charge on any atom is -0.476 e. The van der Waals surface area contributed by atoms with Gasteiger partial charge in [0.2, 0.25) is 5.91 Å². The number of carbonyl (C=O) groups is 3. The Balaban J connectivity index is 2.08. The van der Waals surface area contributed by atoms with Gasteiger partial charge in [-0.1, -0.05) is 6.07 Å². The lowest BCUT2D eigenvalue weighted by atomic mass is 10.1. The monoisotopic (exact) mass is 285 g/mol. The van der Waals surface area contributed by atoms with Gasteiger partial charge in [-0.05, 0) is 23.6 Å². The third-order valence-corrected chi connectivity index (χ3v) is 3.32. The Bertz CT molecular complexity index is 772. The first-order valence-corrected chi connectivity index (χ1v) is 6.29. The van der Waals surface area contributed by atoms with E-state index in [4.69, 9.17) is 0 Å². The molecule has 21 heavy (non-hydrogen) atoms. The molecule has 2 heterocycles. The number of aromatic nitrogens is 1. The van der Waals surface area contributed by atoms with Crippen LogP contribution in [0.5, 0.6) is 0 Å². The Morgan fingerprint density at radius 1 is 1.29 bits per heavy atom. The van der Waals surface area contributed by atoms with Gasteiger partial charge in [0.05, 0.1) is 0 Å². The summed E-state index contributed by atoms with van der Waals surface area (Å²) in [7, 11) is 0. The number of imide groups is 1. The minimum absolute atomic E-state index is 0.0668. The van der Waals surface area contributed by atoms with E-state index in [0.29, 0.717) is 11.1 Å². The number of urea groups is 1. The van der Waals surface area contributed by atoms with Crippen molar-refractivity contribution in [3.05, 3.63) is 36.2 Å². The molecule has 1 saturated heterocycles. The van der Waals surface area contributed by atoms with Gasteiger partial charge in [0, 0.05) is 30.2 Å². The van der Waals surface area contributed by atoms with Crippen LogP contribution < -0.4 is 10.2 Å². The topological polar surface area (TPSA) is 99.6 Å². The predicted molar refractivity (Wildman–Crippen MR) is 74.2 cm³/mol. The molecule has 0 atom stereocenters. The van der Waals surface area contributed by atoms with Crippen molar-refractivity contribution in [3.8, 4) is 0 Å². The number of carboxylic acids is 1. The highest BCUT2D eigenvalue weighted by molar-refractivity contribution is 6.08. The van der Waals surface area contributed by atoms with Gasteiger partial charge in [0.1, 0.15) is 0 Å². The second kappa shape index (κ2) is 4.86. The second-order valence-electron chi connectivity index (χ2n) is 4.63. The highest BCUT2D eigenvalue weighted by Gasteiger charge is 2.24. The number of hydrogen-bond donors (Lipinski definition) is 2. The lowest BCUT2D eigenvalue weighted by Gasteiger charge is -2.26. The summed E-state index contributed by atoms with van der Waals surface area (Å²) in [5, 5.41) is 12.6. The summed E-state index contributed by atoms with van der Waals surface area (Å²) in [6.07, 6.45) is 1.64. The van der Waals surface area contributed by atoms with E-state index in [1.165, 1.54) is 11.1 Å². The molecule has 2 N–H and O–H groups in total. The largest absolute Gasteiger partial charge is 0.476 e. The van der Waals surface area contributed by atoms with Crippen molar-refractivity contribution in [3.63, 3.8) is 0 Å². The van der Waals surface area contributed by atoms with E-state index in [9.17, 15) is 19.5 Å². The van der Waals surface area contributed by atoms with Crippen molar-refractivity contribution in [2.45, 2.75) is 6.42 Å². The van der Waals surface area contributed by atoms with Gasteiger partial charge in [-0.2, -0.15) is 0 Å². The van der Waals surface area contributed by atoms with Crippen LogP contribution in [0.3, 0.4) is 0 Å². The Kier molecular flexibility index (Phi) is 3.02. The lowest BCUT2D eigenvalue weighted by molar-refractivity contribution is -0.120. The van der Waals surface area contributed by atoms with Crippen LogP contribution >= 0.6 is 0 Å². The highest BCUT2D eigenvalue weighted by Crippen LogP contribution is 2.25. The number of pyridine rings is 1. The fourth-order valence-corrected chi connectivity index (χ4v) is 2.31. The Morgan fingerprint density at radius 2 is 2.10 bits per heavy atom. The van der Waals surface area contributed by atoms with Gasteiger partial charge in [0.25, 0.3) is 0 Å². The number of fused-ring (bicyclic) bond motifs is 1. The van der Waals surface area contributed by atoms with Crippen molar-refractivity contribution in [2.24, 2.45) is 0 Å². The quantitative estimate of drug-likeness (QED) is 0.868. The molecule has 7 nitrogen and oxygen atoms in total. The Morgan fingerprint density at radius 3 is 2.81 bits per heavy atom. The number of benzene rings is 1. The van der Waals surface area contributed by atoms with Crippen LogP contribution in [0, 0.1) is 0 Å². The average molecular weight is 285 g/mol. The minimum atomic E-state index is -1.13. The number of carboxylic acid groups (broad SMARTS) is 1. The summed E-state index contributed by atoms with van der Waals surface area (Å²) < 4.78 is 0. The maximum atomic E-state index is 11.8. The molecule has 1 aromatic carbocycles. The van der Waals surface area contributed by atoms with Gasteiger partial charge >= 0.3 is 12.0 Å². The fourth-order valence-electron chi connectivity index (χ4n) is 2.31. The smallest absolute Gasteiger partial charge is 0.355 e. The SMILES string of the molecule is O=C1CCN(c2ccc3ccnc(C(=O)O)c3c2)C(=O)N1. The summed E-state index contributed by atoms with van der Waals surface area (Å²) in [6.45, 7) is 0.263. The summed E-state index contributed by atoms with van der Waals surface area (Å²) in [6, 6.07) is 6.23. The third kappa shape index (κ3) is 2.29.